The van der Waals surface area contributed by atoms with Gasteiger partial charge in [0.25, 0.3) is 0 Å². The molecule has 5 aromatic rings. The first-order valence-electron chi connectivity index (χ1n) is 11.6. The molecule has 0 bridgehead atoms. The minimum atomic E-state index is -0.842. The summed E-state index contributed by atoms with van der Waals surface area (Å²) in [4.78, 5) is 27.1. The SMILES string of the molecule is N#Cc1ccc2ncn(-c3ncc4c(n3)n(C3CCOc5c(F)cc(F)cc53)c(=O)n4CCCO)c2c1. The quantitative estimate of drug-likeness (QED) is 0.391. The van der Waals surface area contributed by atoms with Crippen molar-refractivity contribution in [2.75, 3.05) is 13.2 Å². The van der Waals surface area contributed by atoms with Crippen molar-refractivity contribution in [3.8, 4) is 17.8 Å². The number of hydrogen-bond acceptors (Lipinski definition) is 7. The molecule has 4 heterocycles. The van der Waals surface area contributed by atoms with Crippen LogP contribution in [0.5, 0.6) is 5.75 Å². The van der Waals surface area contributed by atoms with Gasteiger partial charge in [-0.2, -0.15) is 10.2 Å². The maximum absolute atomic E-state index is 14.5. The van der Waals surface area contributed by atoms with Gasteiger partial charge in [-0.25, -0.2) is 23.5 Å². The second-order valence-corrected chi connectivity index (χ2v) is 8.65. The fourth-order valence-electron chi connectivity index (χ4n) is 4.80. The average Bonchev–Trinajstić information content (AvgIpc) is 3.44. The maximum atomic E-state index is 14.5. The van der Waals surface area contributed by atoms with Gasteiger partial charge < -0.3 is 9.84 Å². The zero-order valence-electron chi connectivity index (χ0n) is 19.3. The molecule has 1 aliphatic rings. The number of hydrogen-bond donors (Lipinski definition) is 1. The Balaban J connectivity index is 1.60. The third kappa shape index (κ3) is 3.63. The van der Waals surface area contributed by atoms with Crippen LogP contribution in [0.15, 0.2) is 47.7 Å². The van der Waals surface area contributed by atoms with Gasteiger partial charge in [0.1, 0.15) is 17.7 Å². The summed E-state index contributed by atoms with van der Waals surface area (Å²) in [6, 6.07) is 8.30. The van der Waals surface area contributed by atoms with E-state index in [4.69, 9.17) is 4.74 Å². The van der Waals surface area contributed by atoms with E-state index in [0.717, 1.165) is 6.07 Å². The molecular formula is C25H19F2N7O3. The van der Waals surface area contributed by atoms with E-state index in [9.17, 15) is 23.9 Å². The number of aromatic nitrogens is 6. The molecule has 3 aromatic heterocycles. The lowest BCUT2D eigenvalue weighted by Gasteiger charge is -2.27. The summed E-state index contributed by atoms with van der Waals surface area (Å²) < 4.78 is 38.7. The van der Waals surface area contributed by atoms with E-state index in [1.165, 1.54) is 27.7 Å². The smallest absolute Gasteiger partial charge is 0.330 e. The highest BCUT2D eigenvalue weighted by atomic mass is 19.1. The van der Waals surface area contributed by atoms with Crippen molar-refractivity contribution in [1.82, 2.24) is 28.7 Å². The molecule has 1 unspecified atom stereocenters. The van der Waals surface area contributed by atoms with E-state index in [1.54, 1.807) is 22.8 Å². The number of nitrogens with zero attached hydrogens (tertiary/aromatic N) is 7. The zero-order valence-corrected chi connectivity index (χ0v) is 19.3. The van der Waals surface area contributed by atoms with Crippen LogP contribution in [-0.2, 0) is 6.54 Å². The predicted octanol–water partition coefficient (Wildman–Crippen LogP) is 2.84. The highest BCUT2D eigenvalue weighted by Gasteiger charge is 2.31. The van der Waals surface area contributed by atoms with Crippen LogP contribution in [0.25, 0.3) is 28.1 Å². The van der Waals surface area contributed by atoms with E-state index in [-0.39, 0.29) is 49.1 Å². The van der Waals surface area contributed by atoms with Crippen LogP contribution in [0.3, 0.4) is 0 Å². The third-order valence-corrected chi connectivity index (χ3v) is 6.47. The molecule has 1 N–H and O–H groups in total. The molecule has 6 rings (SSSR count). The van der Waals surface area contributed by atoms with Gasteiger partial charge in [-0.15, -0.1) is 0 Å². The first-order chi connectivity index (χ1) is 18.0. The number of aliphatic hydroxyl groups excluding tert-OH is 1. The van der Waals surface area contributed by atoms with Crippen molar-refractivity contribution >= 4 is 22.2 Å². The number of nitriles is 1. The molecule has 12 heteroatoms. The van der Waals surface area contributed by atoms with E-state index < -0.39 is 23.4 Å². The van der Waals surface area contributed by atoms with E-state index in [0.29, 0.717) is 28.5 Å². The molecule has 0 saturated carbocycles. The molecule has 0 radical (unpaired) electrons. The molecule has 0 saturated heterocycles. The van der Waals surface area contributed by atoms with Gasteiger partial charge in [0.2, 0.25) is 5.95 Å². The topological polar surface area (TPSA) is 124 Å². The highest BCUT2D eigenvalue weighted by Crippen LogP contribution is 2.38. The van der Waals surface area contributed by atoms with Gasteiger partial charge in [-0.05, 0) is 30.7 Å². The van der Waals surface area contributed by atoms with Gasteiger partial charge in [-0.1, -0.05) is 0 Å². The Morgan fingerprint density at radius 2 is 2.05 bits per heavy atom. The Bertz CT molecular complexity index is 1780. The summed E-state index contributed by atoms with van der Waals surface area (Å²) in [5, 5.41) is 18.7. The first kappa shape index (κ1) is 22.8. The van der Waals surface area contributed by atoms with Crippen LogP contribution < -0.4 is 10.4 Å². The Hall–Kier alpha value is -4.63. The molecule has 1 aliphatic heterocycles. The summed E-state index contributed by atoms with van der Waals surface area (Å²) in [6.45, 7) is 0.197. The van der Waals surface area contributed by atoms with Crippen molar-refractivity contribution in [2.24, 2.45) is 0 Å². The Kier molecular flexibility index (Phi) is 5.42. The van der Waals surface area contributed by atoms with Gasteiger partial charge >= 0.3 is 5.69 Å². The van der Waals surface area contributed by atoms with Crippen LogP contribution in [0, 0.1) is 23.0 Å². The van der Waals surface area contributed by atoms with Crippen LogP contribution in [0.2, 0.25) is 0 Å². The number of ether oxygens (including phenoxy) is 1. The summed E-state index contributed by atoms with van der Waals surface area (Å²) in [5.74, 6) is -1.52. The number of benzene rings is 2. The first-order valence-corrected chi connectivity index (χ1v) is 11.6. The van der Waals surface area contributed by atoms with Crippen molar-refractivity contribution in [2.45, 2.75) is 25.4 Å². The number of aliphatic hydroxyl groups is 1. The number of imidazole rings is 2. The normalized spacial score (nSPS) is 15.0. The zero-order chi connectivity index (χ0) is 25.7. The van der Waals surface area contributed by atoms with Gasteiger partial charge in [0, 0.05) is 31.2 Å². The van der Waals surface area contributed by atoms with Crippen molar-refractivity contribution in [3.63, 3.8) is 0 Å². The summed E-state index contributed by atoms with van der Waals surface area (Å²) in [7, 11) is 0. The standard InChI is InChI=1S/C25H19F2N7O3/c26-15-9-16-19(4-7-37-22(16)17(27)10-15)34-23-21(32(25(34)36)5-1-6-35)12-29-24(31-23)33-13-30-18-3-2-14(11-28)8-20(18)33/h2-3,8-10,12-13,19,35H,1,4-7H2. The highest BCUT2D eigenvalue weighted by molar-refractivity contribution is 5.79. The lowest BCUT2D eigenvalue weighted by Crippen LogP contribution is -2.31. The number of halogens is 2. The molecule has 2 aromatic carbocycles. The Morgan fingerprint density at radius 1 is 1.19 bits per heavy atom. The molecule has 0 amide bonds. The van der Waals surface area contributed by atoms with Crippen molar-refractivity contribution in [1.29, 1.82) is 5.26 Å². The fraction of sp³-hybridized carbons (Fsp3) is 0.240. The van der Waals surface area contributed by atoms with Gasteiger partial charge in [0.15, 0.2) is 17.2 Å². The largest absolute Gasteiger partial charge is 0.490 e. The second-order valence-electron chi connectivity index (χ2n) is 8.65. The molecule has 186 valence electrons. The average molecular weight is 503 g/mol. The van der Waals surface area contributed by atoms with Crippen LogP contribution in [-0.4, -0.2) is 47.0 Å². The number of aryl methyl sites for hydroxylation is 1. The molecule has 0 spiro atoms. The minimum absolute atomic E-state index is 0.0975. The Labute approximate surface area is 207 Å². The van der Waals surface area contributed by atoms with Crippen LogP contribution in [0.4, 0.5) is 8.78 Å². The van der Waals surface area contributed by atoms with Crippen LogP contribution >= 0.6 is 0 Å². The summed E-state index contributed by atoms with van der Waals surface area (Å²) in [5.41, 5.74) is 2.10. The maximum Gasteiger partial charge on any atom is 0.330 e. The second kappa shape index (κ2) is 8.79. The van der Waals surface area contributed by atoms with Gasteiger partial charge in [0.05, 0.1) is 41.5 Å². The molecule has 10 nitrogen and oxygen atoms in total. The number of fused-ring (bicyclic) bond motifs is 3. The predicted molar refractivity (Wildman–Crippen MR) is 127 cm³/mol. The van der Waals surface area contributed by atoms with Crippen molar-refractivity contribution < 1.29 is 18.6 Å². The monoisotopic (exact) mass is 503 g/mol. The summed E-state index contributed by atoms with van der Waals surface area (Å²) >= 11 is 0. The molecule has 37 heavy (non-hydrogen) atoms. The van der Waals surface area contributed by atoms with Gasteiger partial charge in [-0.3, -0.25) is 13.7 Å². The van der Waals surface area contributed by atoms with Crippen molar-refractivity contribution in [3.05, 3.63) is 76.1 Å². The number of rotatable bonds is 5. The molecule has 1 atom stereocenters. The lowest BCUT2D eigenvalue weighted by molar-refractivity contribution is 0.241. The minimum Gasteiger partial charge on any atom is -0.490 e. The molecule has 0 aliphatic carbocycles. The third-order valence-electron chi connectivity index (χ3n) is 6.47. The fourth-order valence-corrected chi connectivity index (χ4v) is 4.80. The molecular weight excluding hydrogens is 484 g/mol. The van der Waals surface area contributed by atoms with E-state index in [2.05, 4.69) is 21.0 Å². The summed E-state index contributed by atoms with van der Waals surface area (Å²) in [6.07, 6.45) is 3.62. The molecule has 0 fully saturated rings. The van der Waals surface area contributed by atoms with Crippen LogP contribution in [0.1, 0.15) is 30.0 Å². The van der Waals surface area contributed by atoms with E-state index in [1.807, 2.05) is 0 Å². The van der Waals surface area contributed by atoms with E-state index >= 15 is 0 Å². The lowest BCUT2D eigenvalue weighted by atomic mass is 10.00. The Morgan fingerprint density at radius 3 is 2.86 bits per heavy atom.